The van der Waals surface area contributed by atoms with Gasteiger partial charge in [0, 0.05) is 5.69 Å². The van der Waals surface area contributed by atoms with Gasteiger partial charge < -0.3 is 5.32 Å². The predicted octanol–water partition coefficient (Wildman–Crippen LogP) is 6.13. The Morgan fingerprint density at radius 3 is 2.00 bits per heavy atom. The summed E-state index contributed by atoms with van der Waals surface area (Å²) in [5.41, 5.74) is 2.05. The van der Waals surface area contributed by atoms with E-state index in [1.165, 1.54) is 74.4 Å². The van der Waals surface area contributed by atoms with Crippen molar-refractivity contribution in [1.82, 2.24) is 0 Å². The van der Waals surface area contributed by atoms with E-state index in [0.29, 0.717) is 5.69 Å². The van der Waals surface area contributed by atoms with E-state index >= 15 is 0 Å². The van der Waals surface area contributed by atoms with Gasteiger partial charge in [-0.3, -0.25) is 9.10 Å². The minimum Gasteiger partial charge on any atom is -0.325 e. The highest BCUT2D eigenvalue weighted by Gasteiger charge is 2.51. The highest BCUT2D eigenvalue weighted by atomic mass is 32.2. The fourth-order valence-electron chi connectivity index (χ4n) is 7.38. The Morgan fingerprint density at radius 2 is 1.41 bits per heavy atom. The van der Waals surface area contributed by atoms with Crippen LogP contribution in [0.15, 0.2) is 83.8 Å². The molecule has 0 saturated heterocycles. The Kier molecular flexibility index (Phi) is 6.06. The van der Waals surface area contributed by atoms with Crippen LogP contribution in [0.25, 0.3) is 0 Å². The lowest BCUT2D eigenvalue weighted by Crippen LogP contribution is -2.48. The summed E-state index contributed by atoms with van der Waals surface area (Å²) < 4.78 is 42.3. The number of nitrogens with zero attached hydrogens (tertiary/aromatic N) is 1. The number of benzene rings is 3. The lowest BCUT2D eigenvalue weighted by Gasteiger charge is -2.57. The average Bonchev–Trinajstić information content (AvgIpc) is 2.88. The molecule has 37 heavy (non-hydrogen) atoms. The van der Waals surface area contributed by atoms with Crippen LogP contribution in [-0.2, 0) is 20.2 Å². The third kappa shape index (κ3) is 4.54. The molecule has 0 atom stereocenters. The van der Waals surface area contributed by atoms with Crippen LogP contribution >= 0.6 is 0 Å². The van der Waals surface area contributed by atoms with Gasteiger partial charge in [0.15, 0.2) is 0 Å². The molecule has 0 aliphatic heterocycles. The number of amides is 1. The molecule has 1 N–H and O–H groups in total. The molecule has 7 heteroatoms. The van der Waals surface area contributed by atoms with Crippen LogP contribution in [0.5, 0.6) is 0 Å². The van der Waals surface area contributed by atoms with Gasteiger partial charge in [0.05, 0.1) is 10.6 Å². The van der Waals surface area contributed by atoms with Gasteiger partial charge in [-0.15, -0.1) is 0 Å². The Bertz CT molecular complexity index is 1370. The summed E-state index contributed by atoms with van der Waals surface area (Å²) in [6.07, 6.45) is 7.95. The van der Waals surface area contributed by atoms with Crippen molar-refractivity contribution in [1.29, 1.82) is 0 Å². The van der Waals surface area contributed by atoms with Gasteiger partial charge in [0.25, 0.3) is 10.0 Å². The molecular formula is C30H31FN2O3S. The van der Waals surface area contributed by atoms with Crippen molar-refractivity contribution in [2.24, 2.45) is 17.8 Å². The highest BCUT2D eigenvalue weighted by molar-refractivity contribution is 7.92. The van der Waals surface area contributed by atoms with E-state index in [0.717, 1.165) is 22.1 Å². The van der Waals surface area contributed by atoms with Crippen molar-refractivity contribution < 1.29 is 17.6 Å². The van der Waals surface area contributed by atoms with Crippen molar-refractivity contribution in [2.45, 2.75) is 48.8 Å². The van der Waals surface area contributed by atoms with Gasteiger partial charge in [-0.1, -0.05) is 42.5 Å². The second-order valence-electron chi connectivity index (χ2n) is 11.1. The van der Waals surface area contributed by atoms with Crippen molar-refractivity contribution in [3.63, 3.8) is 0 Å². The zero-order valence-electron chi connectivity index (χ0n) is 20.6. The summed E-state index contributed by atoms with van der Waals surface area (Å²) in [5.74, 6) is 1.30. The summed E-state index contributed by atoms with van der Waals surface area (Å²) in [4.78, 5) is 13.0. The maximum atomic E-state index is 14.7. The van der Waals surface area contributed by atoms with E-state index in [9.17, 15) is 17.6 Å². The van der Waals surface area contributed by atoms with Crippen molar-refractivity contribution in [3.8, 4) is 0 Å². The molecule has 3 aromatic carbocycles. The zero-order chi connectivity index (χ0) is 25.6. The molecule has 192 valence electrons. The number of carbonyl (C=O) groups excluding carboxylic acids is 1. The maximum absolute atomic E-state index is 14.7. The quantitative estimate of drug-likeness (QED) is 0.409. The minimum atomic E-state index is -4.16. The van der Waals surface area contributed by atoms with Crippen LogP contribution in [0, 0.1) is 23.6 Å². The lowest BCUT2D eigenvalue weighted by atomic mass is 9.48. The molecular weight excluding hydrogens is 487 g/mol. The summed E-state index contributed by atoms with van der Waals surface area (Å²) in [5, 5.41) is 2.82. The van der Waals surface area contributed by atoms with Gasteiger partial charge in [-0.25, -0.2) is 12.8 Å². The summed E-state index contributed by atoms with van der Waals surface area (Å²) in [6, 6.07) is 21.4. The number of halogens is 1. The standard InChI is InChI=1S/C30H31FN2O3S/c31-27-8-4-5-9-28(27)33(37(35,36)26-6-2-1-3-7-26)20-29(34)32-25-12-10-24(11-13-25)30-17-21-14-22(18-30)16-23(15-21)19-30/h1-13,21-23H,14-20H2,(H,32,34). The zero-order valence-corrected chi connectivity index (χ0v) is 21.5. The normalized spacial score (nSPS) is 26.1. The summed E-state index contributed by atoms with van der Waals surface area (Å²) in [6.45, 7) is -0.547. The average molecular weight is 519 g/mol. The molecule has 1 amide bonds. The van der Waals surface area contributed by atoms with E-state index in [-0.39, 0.29) is 16.0 Å². The molecule has 0 radical (unpaired) electrons. The lowest BCUT2D eigenvalue weighted by molar-refractivity contribution is -0.114. The van der Waals surface area contributed by atoms with Crippen LogP contribution in [0.4, 0.5) is 15.8 Å². The first-order valence-electron chi connectivity index (χ1n) is 13.1. The SMILES string of the molecule is O=C(CN(c1ccccc1F)S(=O)(=O)c1ccccc1)Nc1ccc(C23CC4CC(CC(C4)C2)C3)cc1. The molecule has 7 rings (SSSR count). The molecule has 3 aromatic rings. The van der Waals surface area contributed by atoms with Crippen molar-refractivity contribution in [2.75, 3.05) is 16.2 Å². The minimum absolute atomic E-state index is 0.00835. The molecule has 4 aliphatic rings. The molecule has 0 unspecified atom stereocenters. The van der Waals surface area contributed by atoms with E-state index in [2.05, 4.69) is 17.4 Å². The number of anilines is 2. The molecule has 4 saturated carbocycles. The molecule has 0 spiro atoms. The molecule has 4 fully saturated rings. The van der Waals surface area contributed by atoms with Gasteiger partial charge in [0.1, 0.15) is 12.4 Å². The maximum Gasteiger partial charge on any atom is 0.264 e. The van der Waals surface area contributed by atoms with Crippen molar-refractivity contribution in [3.05, 3.63) is 90.2 Å². The number of carbonyl (C=O) groups is 1. The number of nitrogens with one attached hydrogen (secondary N) is 1. The molecule has 0 aromatic heterocycles. The molecule has 5 nitrogen and oxygen atoms in total. The Morgan fingerprint density at radius 1 is 0.838 bits per heavy atom. The number of sulfonamides is 1. The fourth-order valence-corrected chi connectivity index (χ4v) is 8.83. The van der Waals surface area contributed by atoms with Crippen LogP contribution in [0.1, 0.15) is 44.1 Å². The van der Waals surface area contributed by atoms with Crippen LogP contribution in [0.2, 0.25) is 0 Å². The van der Waals surface area contributed by atoms with Gasteiger partial charge in [-0.2, -0.15) is 0 Å². The van der Waals surface area contributed by atoms with Gasteiger partial charge in [-0.05, 0) is 104 Å². The topological polar surface area (TPSA) is 66.5 Å². The predicted molar refractivity (Wildman–Crippen MR) is 142 cm³/mol. The second kappa shape index (κ2) is 9.28. The van der Waals surface area contributed by atoms with Crippen LogP contribution in [0.3, 0.4) is 0 Å². The largest absolute Gasteiger partial charge is 0.325 e. The highest BCUT2D eigenvalue weighted by Crippen LogP contribution is 2.60. The first-order chi connectivity index (χ1) is 17.8. The Labute approximate surface area is 217 Å². The number of para-hydroxylation sites is 1. The van der Waals surface area contributed by atoms with Crippen LogP contribution in [-0.4, -0.2) is 20.9 Å². The second-order valence-corrected chi connectivity index (χ2v) is 13.0. The first-order valence-corrected chi connectivity index (χ1v) is 14.5. The van der Waals surface area contributed by atoms with E-state index in [1.54, 1.807) is 24.3 Å². The number of rotatable bonds is 7. The molecule has 4 aliphatic carbocycles. The number of hydrogen-bond acceptors (Lipinski definition) is 3. The Balaban J connectivity index is 1.21. The molecule has 0 heterocycles. The van der Waals surface area contributed by atoms with Gasteiger partial charge in [0.2, 0.25) is 5.91 Å². The summed E-state index contributed by atoms with van der Waals surface area (Å²) >= 11 is 0. The van der Waals surface area contributed by atoms with E-state index < -0.39 is 28.3 Å². The first kappa shape index (κ1) is 24.2. The van der Waals surface area contributed by atoms with Crippen LogP contribution < -0.4 is 9.62 Å². The smallest absolute Gasteiger partial charge is 0.264 e. The molecule has 4 bridgehead atoms. The Hall–Kier alpha value is -3.19. The number of hydrogen-bond donors (Lipinski definition) is 1. The summed E-state index contributed by atoms with van der Waals surface area (Å²) in [7, 11) is -4.16. The van der Waals surface area contributed by atoms with Crippen molar-refractivity contribution >= 4 is 27.3 Å². The third-order valence-electron chi connectivity index (χ3n) is 8.56. The van der Waals surface area contributed by atoms with E-state index in [1.807, 2.05) is 12.1 Å². The monoisotopic (exact) mass is 518 g/mol. The third-order valence-corrected chi connectivity index (χ3v) is 10.3. The van der Waals surface area contributed by atoms with Gasteiger partial charge >= 0.3 is 0 Å². The fraction of sp³-hybridized carbons (Fsp3) is 0.367. The van der Waals surface area contributed by atoms with E-state index in [4.69, 9.17) is 0 Å².